The van der Waals surface area contributed by atoms with E-state index in [1.54, 1.807) is 0 Å². The van der Waals surface area contributed by atoms with Gasteiger partial charge in [0.25, 0.3) is 0 Å². The summed E-state index contributed by atoms with van der Waals surface area (Å²) >= 11 is 0. The Balaban J connectivity index is 2.64. The van der Waals surface area contributed by atoms with E-state index in [-0.39, 0.29) is 0 Å². The predicted octanol–water partition coefficient (Wildman–Crippen LogP) is 5.87. The van der Waals surface area contributed by atoms with Crippen molar-refractivity contribution in [3.8, 4) is 0 Å². The van der Waals surface area contributed by atoms with Crippen molar-refractivity contribution in [1.82, 2.24) is 0 Å². The molecular formula is C16H30. The highest BCUT2D eigenvalue weighted by atomic mass is 14.4. The van der Waals surface area contributed by atoms with Crippen LogP contribution >= 0.6 is 0 Å². The molecule has 0 N–H and O–H groups in total. The second-order valence-electron chi connectivity index (χ2n) is 5.51. The number of hydrogen-bond acceptors (Lipinski definition) is 0. The minimum atomic E-state index is 0.627. The molecule has 16 heavy (non-hydrogen) atoms. The van der Waals surface area contributed by atoms with Gasteiger partial charge in [0.15, 0.2) is 0 Å². The van der Waals surface area contributed by atoms with E-state index in [9.17, 15) is 0 Å². The summed E-state index contributed by atoms with van der Waals surface area (Å²) in [6.45, 7) is 6.97. The first kappa shape index (κ1) is 13.8. The Labute approximate surface area is 103 Å². The zero-order valence-electron chi connectivity index (χ0n) is 11.6. The lowest BCUT2D eigenvalue weighted by Crippen LogP contribution is -2.20. The molecule has 0 saturated heterocycles. The van der Waals surface area contributed by atoms with Crippen LogP contribution in [0.2, 0.25) is 0 Å². The molecule has 0 saturated carbocycles. The molecule has 0 heterocycles. The molecule has 0 aliphatic heterocycles. The third-order valence-electron chi connectivity index (χ3n) is 4.23. The zero-order chi connectivity index (χ0) is 11.9. The van der Waals surface area contributed by atoms with Crippen molar-refractivity contribution in [3.05, 3.63) is 11.6 Å². The fourth-order valence-corrected chi connectivity index (χ4v) is 3.26. The first-order chi connectivity index (χ1) is 7.79. The molecule has 1 aliphatic rings. The Morgan fingerprint density at radius 3 is 2.12 bits per heavy atom. The molecule has 0 aromatic carbocycles. The van der Waals surface area contributed by atoms with Gasteiger partial charge in [-0.15, -0.1) is 0 Å². The molecular weight excluding hydrogens is 192 g/mol. The van der Waals surface area contributed by atoms with Gasteiger partial charge in [0.05, 0.1) is 0 Å². The van der Waals surface area contributed by atoms with E-state index < -0.39 is 0 Å². The summed E-state index contributed by atoms with van der Waals surface area (Å²) in [6, 6.07) is 0. The van der Waals surface area contributed by atoms with Crippen LogP contribution in [0.5, 0.6) is 0 Å². The van der Waals surface area contributed by atoms with Crippen LogP contribution in [0, 0.1) is 5.41 Å². The highest BCUT2D eigenvalue weighted by molar-refractivity contribution is 5.20. The summed E-state index contributed by atoms with van der Waals surface area (Å²) < 4.78 is 0. The van der Waals surface area contributed by atoms with Gasteiger partial charge in [-0.2, -0.15) is 0 Å². The van der Waals surface area contributed by atoms with Crippen LogP contribution in [0.25, 0.3) is 0 Å². The zero-order valence-corrected chi connectivity index (χ0v) is 11.6. The normalized spacial score (nSPS) is 18.8. The standard InChI is InChI=1S/C16H30/c1-4-7-12-16(13-8-5-2)14-9-11-15(16)10-6-3/h11H,4-10,12-14H2,1-3H3. The summed E-state index contributed by atoms with van der Waals surface area (Å²) in [5.74, 6) is 0. The van der Waals surface area contributed by atoms with Crippen molar-refractivity contribution in [2.24, 2.45) is 5.41 Å². The van der Waals surface area contributed by atoms with Crippen molar-refractivity contribution < 1.29 is 0 Å². The van der Waals surface area contributed by atoms with Crippen LogP contribution in [0.4, 0.5) is 0 Å². The average Bonchev–Trinajstić information content (AvgIpc) is 2.68. The quantitative estimate of drug-likeness (QED) is 0.450. The Morgan fingerprint density at radius 2 is 1.62 bits per heavy atom. The topological polar surface area (TPSA) is 0 Å². The average molecular weight is 222 g/mol. The Morgan fingerprint density at radius 1 is 1.00 bits per heavy atom. The minimum Gasteiger partial charge on any atom is -0.0847 e. The largest absolute Gasteiger partial charge is 0.0847 e. The van der Waals surface area contributed by atoms with Gasteiger partial charge in [-0.1, -0.05) is 64.5 Å². The smallest absolute Gasteiger partial charge is 0.00851 e. The molecule has 0 radical (unpaired) electrons. The molecule has 0 bridgehead atoms. The molecule has 0 spiro atoms. The third kappa shape index (κ3) is 3.37. The van der Waals surface area contributed by atoms with Gasteiger partial charge in [0, 0.05) is 0 Å². The first-order valence-electron chi connectivity index (χ1n) is 7.48. The van der Waals surface area contributed by atoms with E-state index in [0.717, 1.165) is 0 Å². The van der Waals surface area contributed by atoms with E-state index in [0.29, 0.717) is 5.41 Å². The molecule has 1 aliphatic carbocycles. The number of allylic oxidation sites excluding steroid dienone is 2. The van der Waals surface area contributed by atoms with E-state index in [1.165, 1.54) is 64.2 Å². The van der Waals surface area contributed by atoms with Gasteiger partial charge in [-0.05, 0) is 37.5 Å². The molecule has 94 valence electrons. The Hall–Kier alpha value is -0.260. The maximum atomic E-state index is 2.56. The van der Waals surface area contributed by atoms with Crippen molar-refractivity contribution in [3.63, 3.8) is 0 Å². The second kappa shape index (κ2) is 7.14. The maximum absolute atomic E-state index is 2.56. The lowest BCUT2D eigenvalue weighted by atomic mass is 9.72. The fourth-order valence-electron chi connectivity index (χ4n) is 3.26. The number of hydrogen-bond donors (Lipinski definition) is 0. The van der Waals surface area contributed by atoms with Crippen molar-refractivity contribution in [2.75, 3.05) is 0 Å². The summed E-state index contributed by atoms with van der Waals surface area (Å²) in [6.07, 6.45) is 16.5. The summed E-state index contributed by atoms with van der Waals surface area (Å²) in [5.41, 5.74) is 2.44. The van der Waals surface area contributed by atoms with Crippen LogP contribution in [-0.4, -0.2) is 0 Å². The van der Waals surface area contributed by atoms with Crippen molar-refractivity contribution >= 4 is 0 Å². The fraction of sp³-hybridized carbons (Fsp3) is 0.875. The molecule has 0 aromatic rings. The van der Waals surface area contributed by atoms with Crippen molar-refractivity contribution in [1.29, 1.82) is 0 Å². The minimum absolute atomic E-state index is 0.627. The molecule has 0 amide bonds. The van der Waals surface area contributed by atoms with Gasteiger partial charge < -0.3 is 0 Å². The molecule has 0 heteroatoms. The van der Waals surface area contributed by atoms with Gasteiger partial charge in [0.1, 0.15) is 0 Å². The third-order valence-corrected chi connectivity index (χ3v) is 4.23. The van der Waals surface area contributed by atoms with E-state index in [1.807, 2.05) is 5.57 Å². The highest BCUT2D eigenvalue weighted by Gasteiger charge is 2.34. The van der Waals surface area contributed by atoms with E-state index in [4.69, 9.17) is 0 Å². The SMILES string of the molecule is CCCCC1(CCCC)CCC=C1CCC. The van der Waals surface area contributed by atoms with Crippen LogP contribution < -0.4 is 0 Å². The monoisotopic (exact) mass is 222 g/mol. The Kier molecular flexibility index (Phi) is 6.16. The predicted molar refractivity (Wildman–Crippen MR) is 73.7 cm³/mol. The van der Waals surface area contributed by atoms with Crippen molar-refractivity contribution in [2.45, 2.75) is 85.0 Å². The summed E-state index contributed by atoms with van der Waals surface area (Å²) in [5, 5.41) is 0. The molecule has 0 atom stereocenters. The van der Waals surface area contributed by atoms with Gasteiger partial charge in [-0.25, -0.2) is 0 Å². The van der Waals surface area contributed by atoms with Gasteiger partial charge in [0.2, 0.25) is 0 Å². The lowest BCUT2D eigenvalue weighted by Gasteiger charge is -2.33. The van der Waals surface area contributed by atoms with Crippen LogP contribution in [-0.2, 0) is 0 Å². The van der Waals surface area contributed by atoms with E-state index >= 15 is 0 Å². The first-order valence-corrected chi connectivity index (χ1v) is 7.48. The van der Waals surface area contributed by atoms with Gasteiger partial charge >= 0.3 is 0 Å². The molecule has 1 rings (SSSR count). The molecule has 0 unspecified atom stereocenters. The highest BCUT2D eigenvalue weighted by Crippen LogP contribution is 2.48. The number of rotatable bonds is 8. The summed E-state index contributed by atoms with van der Waals surface area (Å²) in [7, 11) is 0. The molecule has 0 nitrogen and oxygen atoms in total. The van der Waals surface area contributed by atoms with E-state index in [2.05, 4.69) is 26.8 Å². The van der Waals surface area contributed by atoms with Crippen LogP contribution in [0.15, 0.2) is 11.6 Å². The van der Waals surface area contributed by atoms with Crippen LogP contribution in [0.3, 0.4) is 0 Å². The van der Waals surface area contributed by atoms with Gasteiger partial charge in [-0.3, -0.25) is 0 Å². The second-order valence-corrected chi connectivity index (χ2v) is 5.51. The molecule has 0 aromatic heterocycles. The molecule has 0 fully saturated rings. The number of unbranched alkanes of at least 4 members (excludes halogenated alkanes) is 2. The van der Waals surface area contributed by atoms with Crippen LogP contribution in [0.1, 0.15) is 85.0 Å². The lowest BCUT2D eigenvalue weighted by molar-refractivity contribution is 0.272. The summed E-state index contributed by atoms with van der Waals surface area (Å²) in [4.78, 5) is 0. The Bertz CT molecular complexity index is 204. The maximum Gasteiger partial charge on any atom is -0.00851 e.